The van der Waals surface area contributed by atoms with E-state index in [1.807, 2.05) is 49.5 Å². The van der Waals surface area contributed by atoms with E-state index in [9.17, 15) is 0 Å². The molecule has 1 aromatic heterocycles. The van der Waals surface area contributed by atoms with E-state index < -0.39 is 0 Å². The quantitative estimate of drug-likeness (QED) is 0.811. The molecule has 1 heterocycles. The number of nitrogens with zero attached hydrogens (tertiary/aromatic N) is 1. The van der Waals surface area contributed by atoms with Crippen molar-refractivity contribution in [1.29, 1.82) is 0 Å². The average molecular weight is 260 g/mol. The van der Waals surface area contributed by atoms with Crippen LogP contribution in [0.1, 0.15) is 11.3 Å². The van der Waals surface area contributed by atoms with Crippen molar-refractivity contribution < 1.29 is 5.11 Å². The van der Waals surface area contributed by atoms with E-state index in [4.69, 9.17) is 5.11 Å². The molecule has 94 valence electrons. The molecule has 18 heavy (non-hydrogen) atoms. The SMILES string of the molecule is CNc1cccc(CSc2ccc(CO)cc2)n1. The normalized spacial score (nSPS) is 10.3. The van der Waals surface area contributed by atoms with Crippen molar-refractivity contribution in [3.8, 4) is 0 Å². The number of benzene rings is 1. The van der Waals surface area contributed by atoms with E-state index >= 15 is 0 Å². The Labute approximate surface area is 111 Å². The average Bonchev–Trinajstić information content (AvgIpc) is 2.46. The zero-order chi connectivity index (χ0) is 12.8. The number of aromatic nitrogens is 1. The summed E-state index contributed by atoms with van der Waals surface area (Å²) in [4.78, 5) is 5.65. The van der Waals surface area contributed by atoms with Crippen molar-refractivity contribution in [1.82, 2.24) is 4.98 Å². The third-order valence-corrected chi connectivity index (χ3v) is 3.60. The summed E-state index contributed by atoms with van der Waals surface area (Å²) in [7, 11) is 1.87. The summed E-state index contributed by atoms with van der Waals surface area (Å²) in [6, 6.07) is 13.9. The van der Waals surface area contributed by atoms with E-state index in [0.29, 0.717) is 0 Å². The first-order chi connectivity index (χ1) is 8.81. The predicted molar refractivity (Wildman–Crippen MR) is 75.7 cm³/mol. The fourth-order valence-electron chi connectivity index (χ4n) is 1.55. The molecule has 0 aliphatic heterocycles. The van der Waals surface area contributed by atoms with Gasteiger partial charge in [-0.05, 0) is 29.8 Å². The predicted octanol–water partition coefficient (Wildman–Crippen LogP) is 2.91. The molecular formula is C14H16N2OS. The maximum atomic E-state index is 8.97. The van der Waals surface area contributed by atoms with Crippen molar-refractivity contribution in [2.24, 2.45) is 0 Å². The van der Waals surface area contributed by atoms with Crippen molar-refractivity contribution in [2.45, 2.75) is 17.3 Å². The maximum absolute atomic E-state index is 8.97. The van der Waals surface area contributed by atoms with Crippen LogP contribution < -0.4 is 5.32 Å². The van der Waals surface area contributed by atoms with Gasteiger partial charge in [-0.2, -0.15) is 0 Å². The highest BCUT2D eigenvalue weighted by molar-refractivity contribution is 7.98. The number of anilines is 1. The van der Waals surface area contributed by atoms with Gasteiger partial charge in [-0.3, -0.25) is 0 Å². The van der Waals surface area contributed by atoms with Crippen LogP contribution in [-0.4, -0.2) is 17.1 Å². The summed E-state index contributed by atoms with van der Waals surface area (Å²) < 4.78 is 0. The lowest BCUT2D eigenvalue weighted by atomic mass is 10.2. The number of aliphatic hydroxyl groups excluding tert-OH is 1. The maximum Gasteiger partial charge on any atom is 0.125 e. The minimum absolute atomic E-state index is 0.0940. The highest BCUT2D eigenvalue weighted by atomic mass is 32.2. The van der Waals surface area contributed by atoms with Gasteiger partial charge in [-0.25, -0.2) is 4.98 Å². The summed E-state index contributed by atoms with van der Waals surface area (Å²) in [5, 5.41) is 12.0. The van der Waals surface area contributed by atoms with Gasteiger partial charge in [0.05, 0.1) is 12.3 Å². The number of rotatable bonds is 5. The Morgan fingerprint density at radius 3 is 2.61 bits per heavy atom. The Hall–Kier alpha value is -1.52. The molecule has 0 bridgehead atoms. The molecule has 0 saturated carbocycles. The molecule has 0 unspecified atom stereocenters. The van der Waals surface area contributed by atoms with Gasteiger partial charge in [0, 0.05) is 17.7 Å². The smallest absolute Gasteiger partial charge is 0.125 e. The first kappa shape index (κ1) is 12.9. The van der Waals surface area contributed by atoms with Crippen molar-refractivity contribution >= 4 is 17.6 Å². The first-order valence-corrected chi connectivity index (χ1v) is 6.76. The number of thioether (sulfide) groups is 1. The molecule has 2 aromatic rings. The monoisotopic (exact) mass is 260 g/mol. The molecule has 3 nitrogen and oxygen atoms in total. The Kier molecular flexibility index (Phi) is 4.61. The number of nitrogens with one attached hydrogen (secondary N) is 1. The van der Waals surface area contributed by atoms with Crippen LogP contribution >= 0.6 is 11.8 Å². The van der Waals surface area contributed by atoms with Crippen LogP contribution in [0.25, 0.3) is 0 Å². The van der Waals surface area contributed by atoms with Crippen molar-refractivity contribution in [3.05, 3.63) is 53.7 Å². The summed E-state index contributed by atoms with van der Waals surface area (Å²) >= 11 is 1.74. The second-order valence-electron chi connectivity index (χ2n) is 3.85. The van der Waals surface area contributed by atoms with Gasteiger partial charge in [0.2, 0.25) is 0 Å². The van der Waals surface area contributed by atoms with E-state index in [1.54, 1.807) is 11.8 Å². The van der Waals surface area contributed by atoms with Gasteiger partial charge in [-0.15, -0.1) is 11.8 Å². The zero-order valence-electron chi connectivity index (χ0n) is 10.3. The zero-order valence-corrected chi connectivity index (χ0v) is 11.1. The van der Waals surface area contributed by atoms with Crippen LogP contribution in [0, 0.1) is 0 Å². The fourth-order valence-corrected chi connectivity index (χ4v) is 2.35. The molecule has 0 spiro atoms. The summed E-state index contributed by atoms with van der Waals surface area (Å²) in [6.45, 7) is 0.0940. The van der Waals surface area contributed by atoms with Gasteiger partial charge >= 0.3 is 0 Å². The Bertz CT molecular complexity index is 499. The van der Waals surface area contributed by atoms with Gasteiger partial charge in [0.25, 0.3) is 0 Å². The van der Waals surface area contributed by atoms with E-state index in [-0.39, 0.29) is 6.61 Å². The minimum Gasteiger partial charge on any atom is -0.392 e. The molecular weight excluding hydrogens is 244 g/mol. The molecule has 4 heteroatoms. The molecule has 1 aromatic carbocycles. The third-order valence-electron chi connectivity index (χ3n) is 2.56. The van der Waals surface area contributed by atoms with Gasteiger partial charge in [0.15, 0.2) is 0 Å². The van der Waals surface area contributed by atoms with E-state index in [2.05, 4.69) is 10.3 Å². The van der Waals surface area contributed by atoms with Gasteiger partial charge < -0.3 is 10.4 Å². The standard InChI is InChI=1S/C14H16N2OS/c1-15-14-4-2-3-12(16-14)10-18-13-7-5-11(9-17)6-8-13/h2-8,17H,9-10H2,1H3,(H,15,16). The highest BCUT2D eigenvalue weighted by Gasteiger charge is 1.99. The highest BCUT2D eigenvalue weighted by Crippen LogP contribution is 2.22. The summed E-state index contributed by atoms with van der Waals surface area (Å²) in [6.07, 6.45) is 0. The fraction of sp³-hybridized carbons (Fsp3) is 0.214. The summed E-state index contributed by atoms with van der Waals surface area (Å²) in [5.74, 6) is 1.73. The molecule has 0 fully saturated rings. The van der Waals surface area contributed by atoms with Gasteiger partial charge in [0.1, 0.15) is 5.82 Å². The molecule has 0 saturated heterocycles. The lowest BCUT2D eigenvalue weighted by Crippen LogP contribution is -1.94. The Morgan fingerprint density at radius 2 is 1.94 bits per heavy atom. The van der Waals surface area contributed by atoms with E-state index in [1.165, 1.54) is 4.90 Å². The number of hydrogen-bond acceptors (Lipinski definition) is 4. The third kappa shape index (κ3) is 3.48. The molecule has 2 rings (SSSR count). The van der Waals surface area contributed by atoms with Crippen molar-refractivity contribution in [3.63, 3.8) is 0 Å². The molecule has 2 N–H and O–H groups in total. The number of hydrogen-bond donors (Lipinski definition) is 2. The van der Waals surface area contributed by atoms with Crippen LogP contribution in [0.4, 0.5) is 5.82 Å². The van der Waals surface area contributed by atoms with Gasteiger partial charge in [-0.1, -0.05) is 18.2 Å². The number of aliphatic hydroxyl groups is 1. The molecule has 0 aliphatic rings. The van der Waals surface area contributed by atoms with Crippen LogP contribution in [0.2, 0.25) is 0 Å². The number of pyridine rings is 1. The Morgan fingerprint density at radius 1 is 1.17 bits per heavy atom. The minimum atomic E-state index is 0.0940. The van der Waals surface area contributed by atoms with E-state index in [0.717, 1.165) is 22.8 Å². The first-order valence-electron chi connectivity index (χ1n) is 5.78. The topological polar surface area (TPSA) is 45.1 Å². The molecule has 0 amide bonds. The lowest BCUT2D eigenvalue weighted by molar-refractivity contribution is 0.282. The summed E-state index contributed by atoms with van der Waals surface area (Å²) in [5.41, 5.74) is 1.99. The van der Waals surface area contributed by atoms with Crippen LogP contribution in [0.5, 0.6) is 0 Å². The molecule has 0 atom stereocenters. The largest absolute Gasteiger partial charge is 0.392 e. The van der Waals surface area contributed by atoms with Crippen LogP contribution in [-0.2, 0) is 12.4 Å². The molecule has 0 radical (unpaired) electrons. The second kappa shape index (κ2) is 6.42. The lowest BCUT2D eigenvalue weighted by Gasteiger charge is -2.04. The van der Waals surface area contributed by atoms with Crippen molar-refractivity contribution in [2.75, 3.05) is 12.4 Å². The second-order valence-corrected chi connectivity index (χ2v) is 4.90. The molecule has 0 aliphatic carbocycles. The Balaban J connectivity index is 1.97. The van der Waals surface area contributed by atoms with Crippen LogP contribution in [0.3, 0.4) is 0 Å². The van der Waals surface area contributed by atoms with Crippen LogP contribution in [0.15, 0.2) is 47.4 Å².